The second-order valence-electron chi connectivity index (χ2n) is 2.83. The normalized spacial score (nSPS) is 18.7. The van der Waals surface area contributed by atoms with Crippen LogP contribution in [0.1, 0.15) is 13.8 Å². The Morgan fingerprint density at radius 2 is 1.50 bits per heavy atom. The summed E-state index contributed by atoms with van der Waals surface area (Å²) in [5.74, 6) is 0. The Morgan fingerprint density at radius 1 is 1.17 bits per heavy atom. The van der Waals surface area contributed by atoms with Crippen LogP contribution in [0.2, 0.25) is 0 Å². The predicted octanol–water partition coefficient (Wildman–Crippen LogP) is 0.104. The molecule has 0 fully saturated rings. The lowest BCUT2D eigenvalue weighted by atomic mass is 10.4. The van der Waals surface area contributed by atoms with E-state index in [0.29, 0.717) is 0 Å². The van der Waals surface area contributed by atoms with Gasteiger partial charge in [-0.05, 0) is 13.8 Å². The molecule has 0 bridgehead atoms. The highest BCUT2D eigenvalue weighted by Crippen LogP contribution is 2.23. The molecule has 6 heteroatoms. The summed E-state index contributed by atoms with van der Waals surface area (Å²) in [4.78, 5) is 0. The third-order valence-electron chi connectivity index (χ3n) is 0.928. The fourth-order valence-electron chi connectivity index (χ4n) is 0.441. The lowest BCUT2D eigenvalue weighted by Gasteiger charge is -2.08. The highest BCUT2D eigenvalue weighted by atomic mass is 31.1. The third-order valence-corrected chi connectivity index (χ3v) is 1.73. The highest BCUT2D eigenvalue weighted by Gasteiger charge is 2.03. The Hall–Kier alpha value is 0.0700. The number of hydrogen-bond donors (Lipinski definition) is 2. The van der Waals surface area contributed by atoms with Crippen molar-refractivity contribution < 1.29 is 13.6 Å². The first-order valence-corrected chi connectivity index (χ1v) is 5.05. The quantitative estimate of drug-likeness (QED) is 0.588. The van der Waals surface area contributed by atoms with E-state index in [2.05, 4.69) is 0 Å². The van der Waals surface area contributed by atoms with Crippen molar-refractivity contribution in [3.63, 3.8) is 0 Å². The van der Waals surface area contributed by atoms with Gasteiger partial charge in [-0.2, -0.15) is 0 Å². The van der Waals surface area contributed by atoms with E-state index in [0.717, 1.165) is 0 Å². The summed E-state index contributed by atoms with van der Waals surface area (Å²) >= 11 is 0. The summed E-state index contributed by atoms with van der Waals surface area (Å²) < 4.78 is 20.5. The number of nitrogens with two attached hydrogens (primary N) is 2. The van der Waals surface area contributed by atoms with Crippen LogP contribution in [0.25, 0.3) is 0 Å². The molecule has 0 saturated carbocycles. The molecule has 0 aromatic carbocycles. The molecule has 0 heterocycles. The van der Waals surface area contributed by atoms with Crippen molar-refractivity contribution in [2.24, 2.45) is 11.5 Å². The fraction of sp³-hybridized carbons (Fsp3) is 1.00. The van der Waals surface area contributed by atoms with Gasteiger partial charge in [-0.1, -0.05) is 0 Å². The number of rotatable bonds is 6. The van der Waals surface area contributed by atoms with Gasteiger partial charge in [0.1, 0.15) is 0 Å². The fourth-order valence-corrected chi connectivity index (χ4v) is 1.32. The van der Waals surface area contributed by atoms with Gasteiger partial charge in [0.2, 0.25) is 0 Å². The molecule has 2 unspecified atom stereocenters. The van der Waals surface area contributed by atoms with Crippen molar-refractivity contribution in [3.05, 3.63) is 0 Å². The maximum atomic E-state index is 10.9. The van der Waals surface area contributed by atoms with Gasteiger partial charge >= 0.3 is 8.25 Å². The van der Waals surface area contributed by atoms with E-state index in [1.165, 1.54) is 0 Å². The van der Waals surface area contributed by atoms with Gasteiger partial charge in [-0.15, -0.1) is 0 Å². The van der Waals surface area contributed by atoms with Crippen LogP contribution in [-0.2, 0) is 13.6 Å². The molecule has 0 radical (unpaired) electrons. The van der Waals surface area contributed by atoms with Gasteiger partial charge < -0.3 is 20.5 Å². The first-order chi connectivity index (χ1) is 5.52. The van der Waals surface area contributed by atoms with E-state index in [9.17, 15) is 4.57 Å². The summed E-state index contributed by atoms with van der Waals surface area (Å²) in [6.45, 7) is 4.02. The SMILES string of the molecule is CC(N)CO[PH](=O)OCC(C)N. The van der Waals surface area contributed by atoms with E-state index in [-0.39, 0.29) is 25.3 Å². The molecule has 74 valence electrons. The first kappa shape index (κ1) is 12.1. The Morgan fingerprint density at radius 3 is 1.75 bits per heavy atom. The zero-order valence-corrected chi connectivity index (χ0v) is 8.45. The average Bonchev–Trinajstić information content (AvgIpc) is 1.96. The van der Waals surface area contributed by atoms with Gasteiger partial charge in [0.15, 0.2) is 0 Å². The summed E-state index contributed by atoms with van der Waals surface area (Å²) in [7, 11) is -2.39. The van der Waals surface area contributed by atoms with Gasteiger partial charge in [-0.3, -0.25) is 4.57 Å². The Balaban J connectivity index is 3.34. The largest absolute Gasteiger partial charge is 0.326 e. The second-order valence-corrected chi connectivity index (χ2v) is 3.90. The molecule has 12 heavy (non-hydrogen) atoms. The van der Waals surface area contributed by atoms with Crippen LogP contribution in [0.5, 0.6) is 0 Å². The Kier molecular flexibility index (Phi) is 6.61. The minimum atomic E-state index is -2.39. The monoisotopic (exact) mass is 196 g/mol. The van der Waals surface area contributed by atoms with Crippen molar-refractivity contribution in [1.29, 1.82) is 0 Å². The summed E-state index contributed by atoms with van der Waals surface area (Å²) in [5.41, 5.74) is 10.7. The van der Waals surface area contributed by atoms with E-state index >= 15 is 0 Å². The Bertz CT molecular complexity index is 127. The van der Waals surface area contributed by atoms with Crippen LogP contribution in [0.4, 0.5) is 0 Å². The van der Waals surface area contributed by atoms with Crippen LogP contribution in [0.3, 0.4) is 0 Å². The zero-order valence-electron chi connectivity index (χ0n) is 7.45. The molecule has 0 rings (SSSR count). The Labute approximate surface area is 73.3 Å². The van der Waals surface area contributed by atoms with Crippen molar-refractivity contribution in [2.45, 2.75) is 25.9 Å². The first-order valence-electron chi connectivity index (χ1n) is 3.83. The van der Waals surface area contributed by atoms with E-state index in [1.807, 2.05) is 0 Å². The highest BCUT2D eigenvalue weighted by molar-refractivity contribution is 7.33. The van der Waals surface area contributed by atoms with Crippen molar-refractivity contribution >= 4 is 8.25 Å². The molecule has 0 aromatic heterocycles. The van der Waals surface area contributed by atoms with Crippen molar-refractivity contribution in [1.82, 2.24) is 0 Å². The molecule has 0 spiro atoms. The second kappa shape index (κ2) is 6.57. The molecule has 0 aliphatic heterocycles. The molecular formula is C6H17N2O3P. The molecule has 5 nitrogen and oxygen atoms in total. The van der Waals surface area contributed by atoms with Gasteiger partial charge in [-0.25, -0.2) is 0 Å². The molecule has 0 aliphatic carbocycles. The molecule has 0 aromatic rings. The van der Waals surface area contributed by atoms with E-state index in [1.54, 1.807) is 13.8 Å². The zero-order chi connectivity index (χ0) is 9.56. The van der Waals surface area contributed by atoms with Crippen LogP contribution >= 0.6 is 8.25 Å². The molecule has 0 saturated heterocycles. The maximum absolute atomic E-state index is 10.9. The molecule has 0 amide bonds. The minimum absolute atomic E-state index is 0.127. The molecule has 4 N–H and O–H groups in total. The average molecular weight is 196 g/mol. The van der Waals surface area contributed by atoms with E-state index < -0.39 is 8.25 Å². The van der Waals surface area contributed by atoms with E-state index in [4.69, 9.17) is 20.5 Å². The van der Waals surface area contributed by atoms with Crippen LogP contribution in [-0.4, -0.2) is 25.3 Å². The minimum Gasteiger partial charge on any atom is -0.326 e. The van der Waals surface area contributed by atoms with Gasteiger partial charge in [0, 0.05) is 12.1 Å². The maximum Gasteiger partial charge on any atom is 0.319 e. The van der Waals surface area contributed by atoms with Crippen molar-refractivity contribution in [2.75, 3.05) is 13.2 Å². The summed E-state index contributed by atoms with van der Waals surface area (Å²) in [6, 6.07) is -0.254. The predicted molar refractivity (Wildman–Crippen MR) is 48.2 cm³/mol. The summed E-state index contributed by atoms with van der Waals surface area (Å²) in [5, 5.41) is 0. The standard InChI is InChI=1S/C6H17N2O3P/c1-5(7)3-10-12(9)11-4-6(2)8/h5-6,12H,3-4,7-8H2,1-2H3. The summed E-state index contributed by atoms with van der Waals surface area (Å²) in [6.07, 6.45) is 0. The van der Waals surface area contributed by atoms with Crippen LogP contribution in [0, 0.1) is 0 Å². The molecular weight excluding hydrogens is 179 g/mol. The molecule has 0 aliphatic rings. The molecule has 2 atom stereocenters. The van der Waals surface area contributed by atoms with Gasteiger partial charge in [0.05, 0.1) is 13.2 Å². The lowest BCUT2D eigenvalue weighted by Crippen LogP contribution is -2.22. The smallest absolute Gasteiger partial charge is 0.319 e. The van der Waals surface area contributed by atoms with Gasteiger partial charge in [0.25, 0.3) is 0 Å². The van der Waals surface area contributed by atoms with Crippen molar-refractivity contribution in [3.8, 4) is 0 Å². The third kappa shape index (κ3) is 8.17. The van der Waals surface area contributed by atoms with Crippen LogP contribution < -0.4 is 11.5 Å². The topological polar surface area (TPSA) is 87.6 Å². The van der Waals surface area contributed by atoms with Crippen LogP contribution in [0.15, 0.2) is 0 Å². The number of hydrogen-bond acceptors (Lipinski definition) is 5. The lowest BCUT2D eigenvalue weighted by molar-refractivity contribution is 0.211.